The summed E-state index contributed by atoms with van der Waals surface area (Å²) in [4.78, 5) is 22.4. The average Bonchev–Trinajstić information content (AvgIpc) is 2.53. The second-order valence-corrected chi connectivity index (χ2v) is 7.71. The summed E-state index contributed by atoms with van der Waals surface area (Å²) in [5, 5.41) is 22.9. The van der Waals surface area contributed by atoms with E-state index in [1.165, 1.54) is 24.3 Å². The molecule has 0 radical (unpaired) electrons. The van der Waals surface area contributed by atoms with Crippen LogP contribution in [0.5, 0.6) is 0 Å². The Morgan fingerprint density at radius 2 is 1.21 bits per heavy atom. The van der Waals surface area contributed by atoms with Crippen molar-refractivity contribution in [1.82, 2.24) is 0 Å². The molecule has 8 heteroatoms. The van der Waals surface area contributed by atoms with Crippen molar-refractivity contribution in [3.05, 3.63) is 60.7 Å². The van der Waals surface area contributed by atoms with Gasteiger partial charge in [-0.2, -0.15) is 0 Å². The Morgan fingerprint density at radius 1 is 0.833 bits per heavy atom. The molecule has 0 spiro atoms. The third kappa shape index (κ3) is 5.30. The monoisotopic (exact) mass is 362 g/mol. The molecule has 24 heavy (non-hydrogen) atoms. The van der Waals surface area contributed by atoms with Crippen LogP contribution in [0.2, 0.25) is 0 Å². The van der Waals surface area contributed by atoms with Crippen LogP contribution in [-0.2, 0) is 14.2 Å². The van der Waals surface area contributed by atoms with Gasteiger partial charge in [-0.25, -0.2) is 0 Å². The molecule has 0 aliphatic rings. The van der Waals surface area contributed by atoms with E-state index in [9.17, 15) is 24.4 Å². The van der Waals surface area contributed by atoms with Gasteiger partial charge >= 0.3 is 59.1 Å². The number of benzene rings is 2. The molecule has 0 aliphatic heterocycles. The summed E-state index contributed by atoms with van der Waals surface area (Å²) in [6.07, 6.45) is -0.872. The standard InChI is InChI=1S/C16H15O5P.2Na/c17-15(18)11-14(16(19)20)22(21,12-7-3-1-4-8-12)13-9-5-2-6-10-13;;/h1-10,14H,11H2,(H,17,18)(H,19,20);;/q;2*+1/p-2. The van der Waals surface area contributed by atoms with E-state index in [1.807, 2.05) is 0 Å². The smallest absolute Gasteiger partial charge is 0.550 e. The molecule has 0 fully saturated rings. The van der Waals surface area contributed by atoms with E-state index in [0.717, 1.165) is 0 Å². The van der Waals surface area contributed by atoms with Gasteiger partial charge in [0.25, 0.3) is 0 Å². The zero-order valence-corrected chi connectivity index (χ0v) is 18.4. The minimum absolute atomic E-state index is 0. The summed E-state index contributed by atoms with van der Waals surface area (Å²) in [5.41, 5.74) is -1.68. The number of carboxylic acids is 2. The fraction of sp³-hybridized carbons (Fsp3) is 0.125. The van der Waals surface area contributed by atoms with Crippen molar-refractivity contribution in [2.75, 3.05) is 0 Å². The first-order chi connectivity index (χ1) is 10.5. The van der Waals surface area contributed by atoms with Crippen molar-refractivity contribution >= 4 is 29.7 Å². The number of carboxylic acid groups (broad SMARTS) is 2. The largest absolute Gasteiger partial charge is 1.00 e. The van der Waals surface area contributed by atoms with Crippen molar-refractivity contribution in [1.29, 1.82) is 0 Å². The van der Waals surface area contributed by atoms with Gasteiger partial charge in [0.15, 0.2) is 7.14 Å². The van der Waals surface area contributed by atoms with Gasteiger partial charge in [0.1, 0.15) is 0 Å². The van der Waals surface area contributed by atoms with E-state index >= 15 is 0 Å². The van der Waals surface area contributed by atoms with Crippen LogP contribution in [0.1, 0.15) is 6.42 Å². The summed E-state index contributed by atoms with van der Waals surface area (Å²) in [5.74, 6) is -3.25. The first kappa shape index (κ1) is 23.6. The Morgan fingerprint density at radius 3 is 1.50 bits per heavy atom. The van der Waals surface area contributed by atoms with E-state index in [0.29, 0.717) is 0 Å². The van der Waals surface area contributed by atoms with Crippen LogP contribution < -0.4 is 79.9 Å². The molecule has 114 valence electrons. The summed E-state index contributed by atoms with van der Waals surface area (Å²) >= 11 is 0. The van der Waals surface area contributed by atoms with Crippen molar-refractivity contribution in [3.63, 3.8) is 0 Å². The fourth-order valence-electron chi connectivity index (χ4n) is 2.33. The molecule has 2 aromatic rings. The Hall–Kier alpha value is -0.390. The van der Waals surface area contributed by atoms with Crippen molar-refractivity contribution < 1.29 is 83.5 Å². The van der Waals surface area contributed by atoms with Crippen LogP contribution in [0.15, 0.2) is 60.7 Å². The predicted molar refractivity (Wildman–Crippen MR) is 78.2 cm³/mol. The minimum Gasteiger partial charge on any atom is -0.550 e. The number of carbonyl (C=O) groups excluding carboxylic acids is 2. The van der Waals surface area contributed by atoms with Gasteiger partial charge < -0.3 is 24.4 Å². The number of hydrogen-bond acceptors (Lipinski definition) is 5. The average molecular weight is 362 g/mol. The molecule has 0 saturated carbocycles. The third-order valence-electron chi connectivity index (χ3n) is 3.35. The third-order valence-corrected chi connectivity index (χ3v) is 6.75. The summed E-state index contributed by atoms with van der Waals surface area (Å²) in [6.45, 7) is 0. The topological polar surface area (TPSA) is 97.3 Å². The number of rotatable bonds is 6. The zero-order chi connectivity index (χ0) is 16.2. The van der Waals surface area contributed by atoms with Crippen molar-refractivity contribution in [2.45, 2.75) is 12.1 Å². The maximum absolute atomic E-state index is 13.6. The maximum atomic E-state index is 13.6. The molecule has 0 bridgehead atoms. The van der Waals surface area contributed by atoms with Crippen LogP contribution in [0.3, 0.4) is 0 Å². The molecular formula is C16H13Na2O5P. The van der Waals surface area contributed by atoms with Gasteiger partial charge in [0.2, 0.25) is 0 Å². The predicted octanol–water partition coefficient (Wildman–Crippen LogP) is -6.73. The van der Waals surface area contributed by atoms with Gasteiger partial charge in [-0.1, -0.05) is 60.7 Å². The molecule has 0 amide bonds. The van der Waals surface area contributed by atoms with Gasteiger partial charge in [0, 0.05) is 23.0 Å². The molecule has 5 nitrogen and oxygen atoms in total. The van der Waals surface area contributed by atoms with Crippen LogP contribution in [0, 0.1) is 0 Å². The number of carbonyl (C=O) groups is 2. The fourth-order valence-corrected chi connectivity index (χ4v) is 5.28. The minimum atomic E-state index is -3.73. The van der Waals surface area contributed by atoms with E-state index < -0.39 is 31.2 Å². The number of hydrogen-bond donors (Lipinski definition) is 0. The second-order valence-electron chi connectivity index (χ2n) is 4.74. The van der Waals surface area contributed by atoms with Crippen LogP contribution in [0.25, 0.3) is 0 Å². The molecule has 2 aromatic carbocycles. The van der Waals surface area contributed by atoms with E-state index in [4.69, 9.17) is 0 Å². The Balaban J connectivity index is 0.00000264. The van der Waals surface area contributed by atoms with E-state index in [2.05, 4.69) is 0 Å². The molecule has 2 rings (SSSR count). The van der Waals surface area contributed by atoms with E-state index in [-0.39, 0.29) is 69.7 Å². The number of aliphatic carboxylic acids is 2. The first-order valence-electron chi connectivity index (χ1n) is 6.58. The Bertz CT molecular complexity index is 678. The molecule has 1 atom stereocenters. The Kier molecular flexibility index (Phi) is 10.4. The molecule has 0 saturated heterocycles. The van der Waals surface area contributed by atoms with Crippen LogP contribution >= 0.6 is 7.14 Å². The molecular weight excluding hydrogens is 349 g/mol. The van der Waals surface area contributed by atoms with Crippen molar-refractivity contribution in [3.8, 4) is 0 Å². The summed E-state index contributed by atoms with van der Waals surface area (Å²) in [6, 6.07) is 16.0. The Labute approximate surface area is 184 Å². The molecule has 0 aliphatic carbocycles. The first-order valence-corrected chi connectivity index (χ1v) is 8.35. The molecule has 0 heterocycles. The zero-order valence-electron chi connectivity index (χ0n) is 13.5. The SMILES string of the molecule is O=C([O-])CC(C(=O)[O-])P(=O)(c1ccccc1)c1ccccc1.[Na+].[Na+]. The second kappa shape index (κ2) is 10.6. The quantitative estimate of drug-likeness (QED) is 0.376. The van der Waals surface area contributed by atoms with Crippen LogP contribution in [-0.4, -0.2) is 17.6 Å². The van der Waals surface area contributed by atoms with Gasteiger partial charge in [-0.3, -0.25) is 0 Å². The summed E-state index contributed by atoms with van der Waals surface area (Å²) in [7, 11) is -3.73. The normalized spacial score (nSPS) is 11.5. The van der Waals surface area contributed by atoms with Crippen LogP contribution in [0.4, 0.5) is 0 Å². The molecule has 0 N–H and O–H groups in total. The van der Waals surface area contributed by atoms with Gasteiger partial charge in [-0.15, -0.1) is 0 Å². The molecule has 1 unspecified atom stereocenters. The van der Waals surface area contributed by atoms with Gasteiger partial charge in [-0.05, 0) is 0 Å². The van der Waals surface area contributed by atoms with Crippen molar-refractivity contribution in [2.24, 2.45) is 0 Å². The van der Waals surface area contributed by atoms with E-state index in [1.54, 1.807) is 36.4 Å². The summed E-state index contributed by atoms with van der Waals surface area (Å²) < 4.78 is 13.6. The molecule has 0 aromatic heterocycles. The van der Waals surface area contributed by atoms with Gasteiger partial charge in [0.05, 0.1) is 11.6 Å². The maximum Gasteiger partial charge on any atom is 1.00 e.